The van der Waals surface area contributed by atoms with Crippen molar-refractivity contribution in [3.05, 3.63) is 59.7 Å². The quantitative estimate of drug-likeness (QED) is 0.374. The van der Waals surface area contributed by atoms with Gasteiger partial charge in [-0.1, -0.05) is 30.3 Å². The lowest BCUT2D eigenvalue weighted by Crippen LogP contribution is -2.11. The van der Waals surface area contributed by atoms with E-state index in [2.05, 4.69) is 0 Å². The van der Waals surface area contributed by atoms with Gasteiger partial charge < -0.3 is 18.9 Å². The Balaban J connectivity index is 2.01. The van der Waals surface area contributed by atoms with Crippen molar-refractivity contribution in [2.24, 2.45) is 0 Å². The predicted octanol–water partition coefficient (Wildman–Crippen LogP) is 3.90. The molecule has 27 heavy (non-hydrogen) atoms. The lowest BCUT2D eigenvalue weighted by Gasteiger charge is -2.14. The van der Waals surface area contributed by atoms with Gasteiger partial charge >= 0.3 is 5.97 Å². The van der Waals surface area contributed by atoms with Gasteiger partial charge in [0.15, 0.2) is 17.8 Å². The molecule has 0 bridgehead atoms. The van der Waals surface area contributed by atoms with E-state index in [9.17, 15) is 9.59 Å². The van der Waals surface area contributed by atoms with E-state index in [0.29, 0.717) is 34.5 Å². The van der Waals surface area contributed by atoms with Gasteiger partial charge in [-0.05, 0) is 29.0 Å². The number of aldehydes is 1. The van der Waals surface area contributed by atoms with Crippen LogP contribution in [0.4, 0.5) is 0 Å². The molecule has 0 radical (unpaired) electrons. The molecule has 0 N–H and O–H groups in total. The number of esters is 1. The number of fused-ring (bicyclic) bond motifs is 1. The molecule has 3 rings (SSSR count). The second-order valence-corrected chi connectivity index (χ2v) is 5.62. The van der Waals surface area contributed by atoms with Crippen LogP contribution in [0.15, 0.2) is 48.5 Å². The second-order valence-electron chi connectivity index (χ2n) is 5.62. The number of methoxy groups -OCH3 is 3. The zero-order valence-electron chi connectivity index (χ0n) is 15.1. The minimum Gasteiger partial charge on any atom is -0.493 e. The molecule has 0 aliphatic carbocycles. The van der Waals surface area contributed by atoms with Crippen molar-refractivity contribution in [1.29, 1.82) is 0 Å². The second kappa shape index (κ2) is 7.78. The molecule has 0 amide bonds. The summed E-state index contributed by atoms with van der Waals surface area (Å²) in [4.78, 5) is 24.3. The predicted molar refractivity (Wildman–Crippen MR) is 100 cm³/mol. The van der Waals surface area contributed by atoms with Gasteiger partial charge in [0.05, 0.1) is 32.5 Å². The average Bonchev–Trinajstić information content (AvgIpc) is 2.72. The first-order chi connectivity index (χ1) is 13.1. The minimum atomic E-state index is -0.646. The zero-order chi connectivity index (χ0) is 19.4. The molecule has 0 atom stereocenters. The van der Waals surface area contributed by atoms with E-state index >= 15 is 0 Å². The minimum absolute atomic E-state index is 0.183. The topological polar surface area (TPSA) is 71.1 Å². The maximum Gasteiger partial charge on any atom is 0.343 e. The van der Waals surface area contributed by atoms with E-state index < -0.39 is 5.97 Å². The average molecular weight is 366 g/mol. The first kappa shape index (κ1) is 18.3. The van der Waals surface area contributed by atoms with Crippen LogP contribution in [-0.4, -0.2) is 33.6 Å². The Bertz CT molecular complexity index is 984. The third-order valence-corrected chi connectivity index (χ3v) is 4.15. The fraction of sp³-hybridized carbons (Fsp3) is 0.143. The van der Waals surface area contributed by atoms with Crippen LogP contribution in [0.1, 0.15) is 20.7 Å². The lowest BCUT2D eigenvalue weighted by molar-refractivity contribution is 0.0733. The molecule has 3 aromatic rings. The molecule has 0 spiro atoms. The number of carbonyl (C=O) groups excluding carboxylic acids is 2. The molecule has 0 aromatic heterocycles. The van der Waals surface area contributed by atoms with Crippen LogP contribution in [0.25, 0.3) is 10.8 Å². The molecule has 0 unspecified atom stereocenters. The van der Waals surface area contributed by atoms with Gasteiger partial charge in [-0.25, -0.2) is 4.79 Å². The Morgan fingerprint density at radius 2 is 1.52 bits per heavy atom. The van der Waals surface area contributed by atoms with Gasteiger partial charge in [0.25, 0.3) is 0 Å². The molecule has 0 aliphatic heterocycles. The van der Waals surface area contributed by atoms with Crippen molar-refractivity contribution in [3.8, 4) is 23.0 Å². The molecule has 6 heteroatoms. The highest BCUT2D eigenvalue weighted by Gasteiger charge is 2.19. The van der Waals surface area contributed by atoms with E-state index in [4.69, 9.17) is 18.9 Å². The molecule has 138 valence electrons. The summed E-state index contributed by atoms with van der Waals surface area (Å²) in [5, 5.41) is 1.59. The SMILES string of the molecule is COc1cc(C(=O)Oc2ccc3ccccc3c2C=O)cc(OC)c1OC. The van der Waals surface area contributed by atoms with Crippen LogP contribution in [-0.2, 0) is 0 Å². The summed E-state index contributed by atoms with van der Waals surface area (Å²) >= 11 is 0. The fourth-order valence-electron chi connectivity index (χ4n) is 2.84. The Hall–Kier alpha value is -3.54. The number of rotatable bonds is 6. The molecule has 0 saturated heterocycles. The van der Waals surface area contributed by atoms with Crippen LogP contribution >= 0.6 is 0 Å². The van der Waals surface area contributed by atoms with Gasteiger partial charge in [0, 0.05) is 0 Å². The largest absolute Gasteiger partial charge is 0.493 e. The van der Waals surface area contributed by atoms with Gasteiger partial charge in [-0.15, -0.1) is 0 Å². The molecule has 6 nitrogen and oxygen atoms in total. The number of ether oxygens (including phenoxy) is 4. The summed E-state index contributed by atoms with van der Waals surface area (Å²) in [6, 6.07) is 13.8. The van der Waals surface area contributed by atoms with E-state index in [1.807, 2.05) is 18.2 Å². The van der Waals surface area contributed by atoms with E-state index in [1.165, 1.54) is 33.5 Å². The highest BCUT2D eigenvalue weighted by molar-refractivity contribution is 6.02. The number of hydrogen-bond donors (Lipinski definition) is 0. The van der Waals surface area contributed by atoms with Crippen molar-refractivity contribution in [1.82, 2.24) is 0 Å². The van der Waals surface area contributed by atoms with Crippen LogP contribution in [0.3, 0.4) is 0 Å². The van der Waals surface area contributed by atoms with E-state index in [-0.39, 0.29) is 11.3 Å². The highest BCUT2D eigenvalue weighted by Crippen LogP contribution is 2.38. The summed E-state index contributed by atoms with van der Waals surface area (Å²) in [5.74, 6) is 0.571. The Morgan fingerprint density at radius 1 is 0.852 bits per heavy atom. The monoisotopic (exact) mass is 366 g/mol. The van der Waals surface area contributed by atoms with Crippen molar-refractivity contribution in [2.45, 2.75) is 0 Å². The maximum atomic E-state index is 12.7. The summed E-state index contributed by atoms with van der Waals surface area (Å²) < 4.78 is 21.2. The van der Waals surface area contributed by atoms with Crippen LogP contribution < -0.4 is 18.9 Å². The summed E-state index contributed by atoms with van der Waals surface area (Å²) in [7, 11) is 4.39. The van der Waals surface area contributed by atoms with E-state index in [1.54, 1.807) is 18.2 Å². The van der Waals surface area contributed by atoms with Crippen LogP contribution in [0.2, 0.25) is 0 Å². The fourth-order valence-corrected chi connectivity index (χ4v) is 2.84. The summed E-state index contributed by atoms with van der Waals surface area (Å²) in [5.41, 5.74) is 0.517. The highest BCUT2D eigenvalue weighted by atomic mass is 16.5. The molecule has 3 aromatic carbocycles. The lowest BCUT2D eigenvalue weighted by atomic mass is 10.0. The number of benzene rings is 3. The van der Waals surface area contributed by atoms with Crippen molar-refractivity contribution in [3.63, 3.8) is 0 Å². The first-order valence-electron chi connectivity index (χ1n) is 8.12. The molecular weight excluding hydrogens is 348 g/mol. The third-order valence-electron chi connectivity index (χ3n) is 4.15. The molecule has 0 saturated carbocycles. The van der Waals surface area contributed by atoms with Crippen LogP contribution in [0, 0.1) is 0 Å². The molecular formula is C21H18O6. The first-order valence-corrected chi connectivity index (χ1v) is 8.12. The summed E-state index contributed by atoms with van der Waals surface area (Å²) in [6.45, 7) is 0. The smallest absolute Gasteiger partial charge is 0.343 e. The normalized spacial score (nSPS) is 10.3. The Labute approximate surface area is 156 Å². The van der Waals surface area contributed by atoms with Gasteiger partial charge in [-0.3, -0.25) is 4.79 Å². The third kappa shape index (κ3) is 3.42. The maximum absolute atomic E-state index is 12.7. The van der Waals surface area contributed by atoms with Crippen molar-refractivity contribution in [2.75, 3.05) is 21.3 Å². The summed E-state index contributed by atoms with van der Waals surface area (Å²) in [6.07, 6.45) is 0.681. The molecule has 0 aliphatic rings. The standard InChI is InChI=1S/C21H18O6/c1-24-18-10-14(11-19(25-2)20(18)26-3)21(23)27-17-9-8-13-6-4-5-7-15(13)16(17)12-22/h4-12H,1-3H3. The van der Waals surface area contributed by atoms with E-state index in [0.717, 1.165) is 5.39 Å². The van der Waals surface area contributed by atoms with Gasteiger partial charge in [0.1, 0.15) is 5.75 Å². The van der Waals surface area contributed by atoms with Gasteiger partial charge in [-0.2, -0.15) is 0 Å². The molecule has 0 fully saturated rings. The molecule has 0 heterocycles. The van der Waals surface area contributed by atoms with Gasteiger partial charge in [0.2, 0.25) is 5.75 Å². The van der Waals surface area contributed by atoms with Crippen molar-refractivity contribution < 1.29 is 28.5 Å². The number of hydrogen-bond acceptors (Lipinski definition) is 6. The Kier molecular flexibility index (Phi) is 5.26. The zero-order valence-corrected chi connectivity index (χ0v) is 15.1. The van der Waals surface area contributed by atoms with Crippen LogP contribution in [0.5, 0.6) is 23.0 Å². The number of carbonyl (C=O) groups is 2. The van der Waals surface area contributed by atoms with Crippen molar-refractivity contribution >= 4 is 23.0 Å². The Morgan fingerprint density at radius 3 is 2.11 bits per heavy atom.